The SMILES string of the molecule is Cc1cccc(-n2nnnc2SCCC(=O)Nc2c(C)nn(-c3ccccc3)c2C)c1C. The number of hydrogen-bond acceptors (Lipinski definition) is 6. The molecule has 0 spiro atoms. The number of aromatic nitrogens is 6. The second kappa shape index (κ2) is 9.35. The molecule has 8 nitrogen and oxygen atoms in total. The summed E-state index contributed by atoms with van der Waals surface area (Å²) in [4.78, 5) is 12.6. The quantitative estimate of drug-likeness (QED) is 0.427. The van der Waals surface area contributed by atoms with Gasteiger partial charge in [-0.05, 0) is 67.4 Å². The molecule has 164 valence electrons. The van der Waals surface area contributed by atoms with Crippen LogP contribution < -0.4 is 5.32 Å². The smallest absolute Gasteiger partial charge is 0.225 e. The molecule has 32 heavy (non-hydrogen) atoms. The number of tetrazole rings is 1. The lowest BCUT2D eigenvalue weighted by Gasteiger charge is -2.09. The summed E-state index contributed by atoms with van der Waals surface area (Å²) in [7, 11) is 0. The lowest BCUT2D eigenvalue weighted by Crippen LogP contribution is -2.14. The average Bonchev–Trinajstić information content (AvgIpc) is 3.36. The summed E-state index contributed by atoms with van der Waals surface area (Å²) in [5, 5.41) is 20.3. The van der Waals surface area contributed by atoms with Crippen LogP contribution in [0.1, 0.15) is 28.9 Å². The fourth-order valence-corrected chi connectivity index (χ4v) is 4.29. The molecule has 2 aromatic heterocycles. The third kappa shape index (κ3) is 4.43. The van der Waals surface area contributed by atoms with E-state index in [0.717, 1.165) is 34.0 Å². The van der Waals surface area contributed by atoms with Crippen molar-refractivity contribution in [2.24, 2.45) is 0 Å². The number of hydrogen-bond donors (Lipinski definition) is 1. The van der Waals surface area contributed by atoms with E-state index in [1.54, 1.807) is 4.68 Å². The minimum absolute atomic E-state index is 0.0675. The fraction of sp³-hybridized carbons (Fsp3) is 0.261. The number of thioether (sulfide) groups is 1. The number of anilines is 1. The van der Waals surface area contributed by atoms with Crippen LogP contribution in [-0.2, 0) is 4.79 Å². The van der Waals surface area contributed by atoms with Gasteiger partial charge >= 0.3 is 0 Å². The Morgan fingerprint density at radius 3 is 2.56 bits per heavy atom. The zero-order valence-electron chi connectivity index (χ0n) is 18.5. The molecular weight excluding hydrogens is 422 g/mol. The number of aryl methyl sites for hydroxylation is 2. The summed E-state index contributed by atoms with van der Waals surface area (Å²) in [5.41, 5.74) is 6.64. The Balaban J connectivity index is 1.40. The van der Waals surface area contributed by atoms with Crippen LogP contribution in [0.4, 0.5) is 5.69 Å². The van der Waals surface area contributed by atoms with Gasteiger partial charge in [0.05, 0.1) is 28.5 Å². The predicted molar refractivity (Wildman–Crippen MR) is 126 cm³/mol. The second-order valence-electron chi connectivity index (χ2n) is 7.53. The van der Waals surface area contributed by atoms with Gasteiger partial charge in [-0.25, -0.2) is 4.68 Å². The Hall–Kier alpha value is -3.46. The van der Waals surface area contributed by atoms with Gasteiger partial charge in [-0.2, -0.15) is 9.78 Å². The van der Waals surface area contributed by atoms with Crippen LogP contribution in [0.5, 0.6) is 0 Å². The molecule has 0 aliphatic carbocycles. The van der Waals surface area contributed by atoms with Gasteiger partial charge in [-0.3, -0.25) is 4.79 Å². The van der Waals surface area contributed by atoms with Gasteiger partial charge in [-0.1, -0.05) is 42.1 Å². The summed E-state index contributed by atoms with van der Waals surface area (Å²) in [5.74, 6) is 0.490. The third-order valence-corrected chi connectivity index (χ3v) is 6.28. The zero-order valence-corrected chi connectivity index (χ0v) is 19.3. The minimum Gasteiger partial charge on any atom is -0.323 e. The molecule has 2 heterocycles. The van der Waals surface area contributed by atoms with Crippen molar-refractivity contribution in [2.45, 2.75) is 39.3 Å². The van der Waals surface area contributed by atoms with E-state index < -0.39 is 0 Å². The Morgan fingerprint density at radius 2 is 1.78 bits per heavy atom. The maximum Gasteiger partial charge on any atom is 0.225 e. The summed E-state index contributed by atoms with van der Waals surface area (Å²) < 4.78 is 3.57. The minimum atomic E-state index is -0.0675. The molecule has 0 radical (unpaired) electrons. The van der Waals surface area contributed by atoms with Gasteiger partial charge in [0.1, 0.15) is 0 Å². The van der Waals surface area contributed by atoms with Crippen LogP contribution >= 0.6 is 11.8 Å². The Morgan fingerprint density at radius 1 is 1.00 bits per heavy atom. The first-order chi connectivity index (χ1) is 15.5. The molecule has 1 N–H and O–H groups in total. The maximum atomic E-state index is 12.6. The first-order valence-corrected chi connectivity index (χ1v) is 11.3. The number of rotatable bonds is 7. The highest BCUT2D eigenvalue weighted by Gasteiger charge is 2.16. The Labute approximate surface area is 191 Å². The molecule has 0 saturated heterocycles. The summed E-state index contributed by atoms with van der Waals surface area (Å²) in [6, 6.07) is 15.9. The van der Waals surface area contributed by atoms with Crippen LogP contribution in [0.3, 0.4) is 0 Å². The van der Waals surface area contributed by atoms with Crippen LogP contribution in [-0.4, -0.2) is 41.6 Å². The first-order valence-electron chi connectivity index (χ1n) is 10.3. The molecular formula is C23H25N7OS. The van der Waals surface area contributed by atoms with E-state index in [0.29, 0.717) is 17.3 Å². The number of carbonyl (C=O) groups excluding carboxylic acids is 1. The van der Waals surface area contributed by atoms with Crippen molar-refractivity contribution < 1.29 is 4.79 Å². The summed E-state index contributed by atoms with van der Waals surface area (Å²) >= 11 is 1.46. The number of nitrogens with zero attached hydrogens (tertiary/aromatic N) is 6. The van der Waals surface area contributed by atoms with Crippen molar-refractivity contribution >= 4 is 23.4 Å². The number of nitrogens with one attached hydrogen (secondary N) is 1. The standard InChI is InChI=1S/C23H25N7OS/c1-15-9-8-12-20(16(15)2)30-23(25-27-28-30)32-14-13-21(31)24-22-17(3)26-29(18(22)4)19-10-6-5-7-11-19/h5-12H,13-14H2,1-4H3,(H,24,31). The highest BCUT2D eigenvalue weighted by Crippen LogP contribution is 2.25. The fourth-order valence-electron chi connectivity index (χ4n) is 3.47. The molecule has 4 rings (SSSR count). The van der Waals surface area contributed by atoms with E-state index in [9.17, 15) is 4.79 Å². The van der Waals surface area contributed by atoms with E-state index in [-0.39, 0.29) is 5.91 Å². The molecule has 0 bridgehead atoms. The maximum absolute atomic E-state index is 12.6. The average molecular weight is 448 g/mol. The number of benzene rings is 2. The van der Waals surface area contributed by atoms with Gasteiger partial charge in [0, 0.05) is 12.2 Å². The van der Waals surface area contributed by atoms with E-state index in [2.05, 4.69) is 45.9 Å². The van der Waals surface area contributed by atoms with Crippen molar-refractivity contribution in [3.8, 4) is 11.4 Å². The molecule has 0 aliphatic heterocycles. The molecule has 9 heteroatoms. The monoisotopic (exact) mass is 447 g/mol. The topological polar surface area (TPSA) is 90.5 Å². The Bertz CT molecular complexity index is 1250. The largest absolute Gasteiger partial charge is 0.323 e. The summed E-state index contributed by atoms with van der Waals surface area (Å²) in [6.07, 6.45) is 0.333. The van der Waals surface area contributed by atoms with Crippen LogP contribution in [0, 0.1) is 27.7 Å². The molecule has 0 atom stereocenters. The number of para-hydroxylation sites is 1. The highest BCUT2D eigenvalue weighted by atomic mass is 32.2. The van der Waals surface area contributed by atoms with Gasteiger partial charge < -0.3 is 5.32 Å². The number of amides is 1. The highest BCUT2D eigenvalue weighted by molar-refractivity contribution is 7.99. The van der Waals surface area contributed by atoms with Gasteiger partial charge in [0.15, 0.2) is 0 Å². The van der Waals surface area contributed by atoms with E-state index >= 15 is 0 Å². The van der Waals surface area contributed by atoms with Crippen molar-refractivity contribution in [1.29, 1.82) is 0 Å². The molecule has 2 aromatic carbocycles. The Kier molecular flexibility index (Phi) is 6.36. The lowest BCUT2D eigenvalue weighted by atomic mass is 10.1. The molecule has 0 unspecified atom stereocenters. The predicted octanol–water partition coefficient (Wildman–Crippen LogP) is 4.20. The van der Waals surface area contributed by atoms with Crippen LogP contribution in [0.2, 0.25) is 0 Å². The molecule has 4 aromatic rings. The van der Waals surface area contributed by atoms with E-state index in [1.807, 2.05) is 61.0 Å². The van der Waals surface area contributed by atoms with Crippen molar-refractivity contribution in [3.05, 3.63) is 71.0 Å². The molecule has 1 amide bonds. The summed E-state index contributed by atoms with van der Waals surface area (Å²) in [6.45, 7) is 7.96. The van der Waals surface area contributed by atoms with Gasteiger partial charge in [-0.15, -0.1) is 5.10 Å². The van der Waals surface area contributed by atoms with Crippen LogP contribution in [0.25, 0.3) is 11.4 Å². The van der Waals surface area contributed by atoms with E-state index in [1.165, 1.54) is 17.3 Å². The van der Waals surface area contributed by atoms with Crippen molar-refractivity contribution in [3.63, 3.8) is 0 Å². The normalized spacial score (nSPS) is 11.0. The first kappa shape index (κ1) is 21.8. The van der Waals surface area contributed by atoms with Gasteiger partial charge in [0.25, 0.3) is 0 Å². The molecule has 0 saturated carbocycles. The number of carbonyl (C=O) groups is 1. The lowest BCUT2D eigenvalue weighted by molar-refractivity contribution is -0.115. The molecule has 0 fully saturated rings. The van der Waals surface area contributed by atoms with Gasteiger partial charge in [0.2, 0.25) is 11.1 Å². The zero-order chi connectivity index (χ0) is 22.7. The van der Waals surface area contributed by atoms with Crippen molar-refractivity contribution in [2.75, 3.05) is 11.1 Å². The van der Waals surface area contributed by atoms with Crippen molar-refractivity contribution in [1.82, 2.24) is 30.0 Å². The van der Waals surface area contributed by atoms with Crippen LogP contribution in [0.15, 0.2) is 53.7 Å². The molecule has 0 aliphatic rings. The van der Waals surface area contributed by atoms with E-state index in [4.69, 9.17) is 0 Å². The third-order valence-electron chi connectivity index (χ3n) is 5.36. The second-order valence-corrected chi connectivity index (χ2v) is 8.59.